The highest BCUT2D eigenvalue weighted by molar-refractivity contribution is 6.46. The van der Waals surface area contributed by atoms with Gasteiger partial charge in [-0.25, -0.2) is 4.79 Å². The fourth-order valence-corrected chi connectivity index (χ4v) is 9.20. The number of carbonyl (C=O) groups excluding carboxylic acids is 3. The smallest absolute Gasteiger partial charge is 0.312 e. The van der Waals surface area contributed by atoms with Crippen LogP contribution in [0.2, 0.25) is 0 Å². The van der Waals surface area contributed by atoms with E-state index in [0.29, 0.717) is 5.92 Å². The van der Waals surface area contributed by atoms with Crippen molar-refractivity contribution in [2.24, 2.45) is 33.3 Å². The molecule has 0 aliphatic heterocycles. The van der Waals surface area contributed by atoms with E-state index in [4.69, 9.17) is 10.5 Å². The highest BCUT2D eigenvalue weighted by atomic mass is 16.5. The van der Waals surface area contributed by atoms with Crippen LogP contribution in [0.1, 0.15) is 86.5 Å². The Balaban J connectivity index is 1.63. The van der Waals surface area contributed by atoms with Crippen molar-refractivity contribution in [2.75, 3.05) is 7.11 Å². The molecule has 0 aromatic rings. The number of nitrogens with two attached hydrogens (primary N) is 1. The molecule has 2 amide bonds. The molecular formula is C30H42N2O4. The van der Waals surface area contributed by atoms with E-state index in [-0.39, 0.29) is 27.2 Å². The molecule has 6 nitrogen and oxygen atoms in total. The highest BCUT2D eigenvalue weighted by Gasteiger charge is 2.67. The first kappa shape index (κ1) is 25.4. The molecule has 0 aromatic carbocycles. The van der Waals surface area contributed by atoms with Crippen LogP contribution in [-0.4, -0.2) is 35.8 Å². The number of hydrogen-bond donors (Lipinski definition) is 2. The summed E-state index contributed by atoms with van der Waals surface area (Å²) < 4.78 is 5.69. The number of methoxy groups -OCH3 is 1. The molecule has 0 aromatic heterocycles. The number of rotatable bonds is 2. The van der Waals surface area contributed by atoms with Crippen molar-refractivity contribution in [1.29, 1.82) is 0 Å². The summed E-state index contributed by atoms with van der Waals surface area (Å²) in [5.41, 5.74) is 7.03. The normalized spacial score (nSPS) is 47.9. The maximum absolute atomic E-state index is 12.9. The molecule has 7 atom stereocenters. The number of urea groups is 1. The molecule has 5 aliphatic carbocycles. The van der Waals surface area contributed by atoms with E-state index in [2.05, 4.69) is 46.0 Å². The van der Waals surface area contributed by atoms with Gasteiger partial charge >= 0.3 is 6.03 Å². The lowest BCUT2D eigenvalue weighted by molar-refractivity contribution is -0.154. The molecule has 0 spiro atoms. The molecular weight excluding hydrogens is 452 g/mol. The maximum Gasteiger partial charge on any atom is 0.312 e. The minimum atomic E-state index is -1.25. The Kier molecular flexibility index (Phi) is 5.25. The monoisotopic (exact) mass is 494 g/mol. The molecule has 6 heteroatoms. The summed E-state index contributed by atoms with van der Waals surface area (Å²) in [5.74, 6) is -0.536. The Bertz CT molecular complexity index is 1170. The number of hydrogen-bond acceptors (Lipinski definition) is 4. The van der Waals surface area contributed by atoms with Gasteiger partial charge in [-0.3, -0.25) is 9.59 Å². The molecule has 5 rings (SSSR count). The SMILES string of the molecule is CO[C@]1(C)C(=O)C(=O)C=C2C1=CC=C1[C@@]2(C)CC[C@@]2(C)[C@@H]3C[C@](C)(NC(N)=O)CC[C@]3(C)CC[C@]12C. The van der Waals surface area contributed by atoms with Crippen molar-refractivity contribution in [3.63, 3.8) is 0 Å². The van der Waals surface area contributed by atoms with E-state index < -0.39 is 23.2 Å². The van der Waals surface area contributed by atoms with E-state index in [1.165, 1.54) is 12.7 Å². The number of fused-ring (bicyclic) bond motifs is 7. The van der Waals surface area contributed by atoms with Gasteiger partial charge in [0.15, 0.2) is 5.60 Å². The van der Waals surface area contributed by atoms with Crippen LogP contribution in [0.3, 0.4) is 0 Å². The van der Waals surface area contributed by atoms with Crippen molar-refractivity contribution in [2.45, 2.75) is 97.6 Å². The van der Waals surface area contributed by atoms with Crippen molar-refractivity contribution in [3.05, 3.63) is 34.9 Å². The molecule has 0 heterocycles. The van der Waals surface area contributed by atoms with Crippen molar-refractivity contribution in [3.8, 4) is 0 Å². The van der Waals surface area contributed by atoms with Crippen LogP contribution >= 0.6 is 0 Å². The van der Waals surface area contributed by atoms with Gasteiger partial charge in [0.05, 0.1) is 0 Å². The Labute approximate surface area is 215 Å². The summed E-state index contributed by atoms with van der Waals surface area (Å²) in [5, 5.41) is 3.08. The Morgan fingerprint density at radius 2 is 1.61 bits per heavy atom. The zero-order valence-corrected chi connectivity index (χ0v) is 23.0. The number of ether oxygens (including phenoxy) is 1. The average Bonchev–Trinajstić information content (AvgIpc) is 2.80. The number of nitrogens with one attached hydrogen (secondary N) is 1. The summed E-state index contributed by atoms with van der Waals surface area (Å²) in [6, 6.07) is -0.446. The Hall–Kier alpha value is -2.21. The third kappa shape index (κ3) is 3.03. The van der Waals surface area contributed by atoms with Crippen molar-refractivity contribution < 1.29 is 19.1 Å². The van der Waals surface area contributed by atoms with Crippen LogP contribution in [0.4, 0.5) is 4.79 Å². The van der Waals surface area contributed by atoms with Gasteiger partial charge in [0.1, 0.15) is 0 Å². The average molecular weight is 495 g/mol. The molecule has 0 unspecified atom stereocenters. The highest BCUT2D eigenvalue weighted by Crippen LogP contribution is 2.75. The number of carbonyl (C=O) groups is 3. The van der Waals surface area contributed by atoms with Crippen molar-refractivity contribution >= 4 is 17.6 Å². The van der Waals surface area contributed by atoms with Gasteiger partial charge in [0, 0.05) is 18.1 Å². The van der Waals surface area contributed by atoms with E-state index in [1.807, 2.05) is 6.08 Å². The molecule has 196 valence electrons. The standard InChI is InChI=1S/C30H42N2O4/c1-25-10-12-26(2,32-24(31)35)17-22(25)29(5)15-13-27(3)19-16-20(33)23(34)30(6,36-7)18(19)8-9-21(27)28(29,4)14-11-25/h8-9,16,22H,10-15,17H2,1-7H3,(H3,31,32,35)/t22-,25-,26-,27+,28-,29+,30+/m1/s1. The second-order valence-corrected chi connectivity index (χ2v) is 13.7. The van der Waals surface area contributed by atoms with Crippen LogP contribution < -0.4 is 11.1 Å². The number of Topliss-reactive ketones (excluding diaryl/α,β-unsaturated/α-hetero) is 1. The van der Waals surface area contributed by atoms with E-state index in [0.717, 1.165) is 56.1 Å². The van der Waals surface area contributed by atoms with Crippen LogP contribution in [0.5, 0.6) is 0 Å². The lowest BCUT2D eigenvalue weighted by Gasteiger charge is -2.70. The van der Waals surface area contributed by atoms with Gasteiger partial charge in [-0.1, -0.05) is 45.4 Å². The number of primary amides is 1. The summed E-state index contributed by atoms with van der Waals surface area (Å²) in [4.78, 5) is 37.6. The second-order valence-electron chi connectivity index (χ2n) is 13.7. The summed E-state index contributed by atoms with van der Waals surface area (Å²) >= 11 is 0. The lowest BCUT2D eigenvalue weighted by atomic mass is 9.34. The van der Waals surface area contributed by atoms with Gasteiger partial charge in [0.25, 0.3) is 0 Å². The molecule has 3 fully saturated rings. The van der Waals surface area contributed by atoms with Crippen LogP contribution in [0.25, 0.3) is 0 Å². The zero-order chi connectivity index (χ0) is 26.5. The van der Waals surface area contributed by atoms with Crippen LogP contribution in [-0.2, 0) is 14.3 Å². The first-order valence-electron chi connectivity index (χ1n) is 13.5. The largest absolute Gasteiger partial charge is 0.365 e. The van der Waals surface area contributed by atoms with E-state index in [1.54, 1.807) is 13.0 Å². The molecule has 3 saturated carbocycles. The molecule has 0 saturated heterocycles. The van der Waals surface area contributed by atoms with E-state index >= 15 is 0 Å². The van der Waals surface area contributed by atoms with Crippen LogP contribution in [0, 0.1) is 27.6 Å². The number of ketones is 2. The fraction of sp³-hybridized carbons (Fsp3) is 0.700. The first-order chi connectivity index (χ1) is 16.6. The number of amides is 2. The minimum absolute atomic E-state index is 0.0251. The first-order valence-corrected chi connectivity index (χ1v) is 13.5. The van der Waals surface area contributed by atoms with E-state index in [9.17, 15) is 14.4 Å². The van der Waals surface area contributed by atoms with Crippen LogP contribution in [0.15, 0.2) is 34.9 Å². The molecule has 0 bridgehead atoms. The quantitative estimate of drug-likeness (QED) is 0.517. The maximum atomic E-state index is 12.9. The fourth-order valence-electron chi connectivity index (χ4n) is 9.20. The molecule has 5 aliphatic rings. The second kappa shape index (κ2) is 7.43. The number of allylic oxidation sites excluding steroid dienone is 4. The summed E-state index contributed by atoms with van der Waals surface area (Å²) in [7, 11) is 1.51. The predicted octanol–water partition coefficient (Wildman–Crippen LogP) is 5.18. The summed E-state index contributed by atoms with van der Waals surface area (Å²) in [6.07, 6.45) is 13.0. The van der Waals surface area contributed by atoms with Gasteiger partial charge in [0.2, 0.25) is 11.6 Å². The summed E-state index contributed by atoms with van der Waals surface area (Å²) in [6.45, 7) is 13.5. The Morgan fingerprint density at radius 1 is 0.944 bits per heavy atom. The lowest BCUT2D eigenvalue weighted by Crippen LogP contribution is -2.65. The van der Waals surface area contributed by atoms with Gasteiger partial charge in [-0.15, -0.1) is 0 Å². The van der Waals surface area contributed by atoms with Crippen molar-refractivity contribution in [1.82, 2.24) is 5.32 Å². The van der Waals surface area contributed by atoms with Gasteiger partial charge < -0.3 is 15.8 Å². The predicted molar refractivity (Wildman–Crippen MR) is 139 cm³/mol. The minimum Gasteiger partial charge on any atom is -0.365 e. The molecule has 0 radical (unpaired) electrons. The molecule has 3 N–H and O–H groups in total. The molecule has 36 heavy (non-hydrogen) atoms. The van der Waals surface area contributed by atoms with Gasteiger partial charge in [-0.2, -0.15) is 0 Å². The third-order valence-electron chi connectivity index (χ3n) is 11.9. The third-order valence-corrected chi connectivity index (χ3v) is 11.9. The Morgan fingerprint density at radius 3 is 2.25 bits per heavy atom. The van der Waals surface area contributed by atoms with Gasteiger partial charge in [-0.05, 0) is 98.2 Å². The zero-order valence-electron chi connectivity index (χ0n) is 23.0. The topological polar surface area (TPSA) is 98.5 Å².